The Hall–Kier alpha value is -1.35. The van der Waals surface area contributed by atoms with Crippen LogP contribution in [0.25, 0.3) is 0 Å². The molecule has 0 radical (unpaired) electrons. The summed E-state index contributed by atoms with van der Waals surface area (Å²) >= 11 is 0. The molecular formula is C10H11NO2. The molecule has 1 aliphatic rings. The number of rotatable bonds is 0. The zero-order valence-corrected chi connectivity index (χ0v) is 7.16. The maximum absolute atomic E-state index is 11.2. The Balaban J connectivity index is 2.43. The Morgan fingerprint density at radius 3 is 3.00 bits per heavy atom. The summed E-state index contributed by atoms with van der Waals surface area (Å²) in [7, 11) is 0. The van der Waals surface area contributed by atoms with Crippen molar-refractivity contribution in [2.45, 2.75) is 18.9 Å². The van der Waals surface area contributed by atoms with Crippen molar-refractivity contribution < 1.29 is 9.90 Å². The molecule has 1 amide bonds. The Labute approximate surface area is 76.4 Å². The van der Waals surface area contributed by atoms with Gasteiger partial charge in [-0.2, -0.15) is 0 Å². The van der Waals surface area contributed by atoms with Crippen molar-refractivity contribution in [3.8, 4) is 0 Å². The first kappa shape index (κ1) is 8.26. The molecule has 1 atom stereocenters. The van der Waals surface area contributed by atoms with Gasteiger partial charge in [-0.05, 0) is 12.5 Å². The van der Waals surface area contributed by atoms with Crippen molar-refractivity contribution >= 4 is 11.6 Å². The van der Waals surface area contributed by atoms with Crippen molar-refractivity contribution in [3.63, 3.8) is 0 Å². The van der Waals surface area contributed by atoms with E-state index >= 15 is 0 Å². The maximum atomic E-state index is 11.2. The van der Waals surface area contributed by atoms with Crippen LogP contribution in [0.1, 0.15) is 24.5 Å². The van der Waals surface area contributed by atoms with Gasteiger partial charge in [0.15, 0.2) is 0 Å². The van der Waals surface area contributed by atoms with E-state index in [4.69, 9.17) is 0 Å². The number of nitrogens with one attached hydrogen (secondary N) is 1. The van der Waals surface area contributed by atoms with Crippen molar-refractivity contribution in [1.82, 2.24) is 0 Å². The van der Waals surface area contributed by atoms with E-state index in [1.807, 2.05) is 24.3 Å². The molecule has 68 valence electrons. The summed E-state index contributed by atoms with van der Waals surface area (Å²) < 4.78 is 0. The highest BCUT2D eigenvalue weighted by Gasteiger charge is 2.18. The van der Waals surface area contributed by atoms with Gasteiger partial charge in [-0.1, -0.05) is 18.2 Å². The summed E-state index contributed by atoms with van der Waals surface area (Å²) in [6.07, 6.45) is 0.369. The second-order valence-corrected chi connectivity index (χ2v) is 3.19. The molecule has 2 N–H and O–H groups in total. The molecular weight excluding hydrogens is 166 g/mol. The van der Waals surface area contributed by atoms with Crippen LogP contribution in [0.2, 0.25) is 0 Å². The molecule has 0 fully saturated rings. The standard InChI is InChI=1S/C10H11NO2/c12-9-5-6-10(13)11-8-4-2-1-3-7(8)9/h1-4,9,12H,5-6H2,(H,11,13). The molecule has 0 aliphatic carbocycles. The third-order valence-corrected chi connectivity index (χ3v) is 2.24. The van der Waals surface area contributed by atoms with E-state index in [0.717, 1.165) is 11.3 Å². The summed E-state index contributed by atoms with van der Waals surface area (Å²) in [5, 5.41) is 12.4. The van der Waals surface area contributed by atoms with Crippen LogP contribution in [0.3, 0.4) is 0 Å². The fourth-order valence-corrected chi connectivity index (χ4v) is 1.54. The minimum atomic E-state index is -0.518. The molecule has 0 saturated carbocycles. The second kappa shape index (κ2) is 3.18. The lowest BCUT2D eigenvalue weighted by atomic mass is 10.1. The SMILES string of the molecule is O=C1CCC(O)c2ccccc2N1. The molecule has 13 heavy (non-hydrogen) atoms. The van der Waals surface area contributed by atoms with Gasteiger partial charge in [-0.3, -0.25) is 4.79 Å². The quantitative estimate of drug-likeness (QED) is 0.630. The number of anilines is 1. The molecule has 0 spiro atoms. The lowest BCUT2D eigenvalue weighted by Crippen LogP contribution is -2.08. The molecule has 1 heterocycles. The van der Waals surface area contributed by atoms with Crippen LogP contribution >= 0.6 is 0 Å². The number of hydrogen-bond donors (Lipinski definition) is 2. The van der Waals surface area contributed by atoms with Gasteiger partial charge in [-0.15, -0.1) is 0 Å². The summed E-state index contributed by atoms with van der Waals surface area (Å²) in [4.78, 5) is 11.2. The molecule has 1 unspecified atom stereocenters. The lowest BCUT2D eigenvalue weighted by Gasteiger charge is -2.09. The smallest absolute Gasteiger partial charge is 0.224 e. The van der Waals surface area contributed by atoms with Crippen LogP contribution in [0.15, 0.2) is 24.3 Å². The fourth-order valence-electron chi connectivity index (χ4n) is 1.54. The number of amides is 1. The summed E-state index contributed by atoms with van der Waals surface area (Å²) in [5.74, 6) is -0.0241. The zero-order valence-electron chi connectivity index (χ0n) is 7.16. The monoisotopic (exact) mass is 177 g/mol. The van der Waals surface area contributed by atoms with Crippen LogP contribution in [-0.4, -0.2) is 11.0 Å². The largest absolute Gasteiger partial charge is 0.388 e. The van der Waals surface area contributed by atoms with Crippen molar-refractivity contribution in [2.75, 3.05) is 5.32 Å². The van der Waals surface area contributed by atoms with E-state index in [0.29, 0.717) is 12.8 Å². The van der Waals surface area contributed by atoms with E-state index < -0.39 is 6.10 Å². The number of fused-ring (bicyclic) bond motifs is 1. The minimum absolute atomic E-state index is 0.0241. The van der Waals surface area contributed by atoms with Crippen molar-refractivity contribution in [3.05, 3.63) is 29.8 Å². The zero-order chi connectivity index (χ0) is 9.26. The lowest BCUT2D eigenvalue weighted by molar-refractivity contribution is -0.116. The number of para-hydroxylation sites is 1. The van der Waals surface area contributed by atoms with Gasteiger partial charge < -0.3 is 10.4 Å². The van der Waals surface area contributed by atoms with Crippen LogP contribution in [0.5, 0.6) is 0 Å². The molecule has 1 aromatic rings. The topological polar surface area (TPSA) is 49.3 Å². The van der Waals surface area contributed by atoms with Gasteiger partial charge in [0.05, 0.1) is 6.10 Å². The third kappa shape index (κ3) is 1.55. The van der Waals surface area contributed by atoms with E-state index in [-0.39, 0.29) is 5.91 Å². The normalized spacial score (nSPS) is 21.6. The summed E-state index contributed by atoms with van der Waals surface area (Å²) in [5.41, 5.74) is 1.55. The molecule has 0 bridgehead atoms. The highest BCUT2D eigenvalue weighted by Crippen LogP contribution is 2.28. The predicted molar refractivity (Wildman–Crippen MR) is 49.3 cm³/mol. The number of carbonyl (C=O) groups is 1. The molecule has 1 aliphatic heterocycles. The van der Waals surface area contributed by atoms with Crippen LogP contribution in [-0.2, 0) is 4.79 Å². The van der Waals surface area contributed by atoms with Crippen LogP contribution in [0.4, 0.5) is 5.69 Å². The van der Waals surface area contributed by atoms with Gasteiger partial charge in [-0.25, -0.2) is 0 Å². The van der Waals surface area contributed by atoms with Crippen LogP contribution < -0.4 is 5.32 Å². The summed E-state index contributed by atoms with van der Waals surface area (Å²) in [6, 6.07) is 7.35. The maximum Gasteiger partial charge on any atom is 0.224 e. The third-order valence-electron chi connectivity index (χ3n) is 2.24. The highest BCUT2D eigenvalue weighted by molar-refractivity contribution is 5.92. The fraction of sp³-hybridized carbons (Fsp3) is 0.300. The highest BCUT2D eigenvalue weighted by atomic mass is 16.3. The molecule has 0 aromatic heterocycles. The Morgan fingerprint density at radius 2 is 2.15 bits per heavy atom. The molecule has 3 nitrogen and oxygen atoms in total. The first-order chi connectivity index (χ1) is 6.27. The number of benzene rings is 1. The van der Waals surface area contributed by atoms with Gasteiger partial charge in [0.2, 0.25) is 5.91 Å². The first-order valence-corrected chi connectivity index (χ1v) is 4.34. The minimum Gasteiger partial charge on any atom is -0.388 e. The number of carbonyl (C=O) groups excluding carboxylic acids is 1. The van der Waals surface area contributed by atoms with Gasteiger partial charge >= 0.3 is 0 Å². The van der Waals surface area contributed by atoms with E-state index in [9.17, 15) is 9.90 Å². The average Bonchev–Trinajstić information content (AvgIpc) is 2.27. The number of aliphatic hydroxyl groups is 1. The molecule has 1 aromatic carbocycles. The number of aliphatic hydroxyl groups excluding tert-OH is 1. The Morgan fingerprint density at radius 1 is 1.38 bits per heavy atom. The van der Waals surface area contributed by atoms with E-state index in [1.165, 1.54) is 0 Å². The van der Waals surface area contributed by atoms with E-state index in [2.05, 4.69) is 5.32 Å². The van der Waals surface area contributed by atoms with Gasteiger partial charge in [0.1, 0.15) is 0 Å². The van der Waals surface area contributed by atoms with Gasteiger partial charge in [0.25, 0.3) is 0 Å². The van der Waals surface area contributed by atoms with E-state index in [1.54, 1.807) is 0 Å². The molecule has 2 rings (SSSR count). The Bertz CT molecular complexity index is 335. The van der Waals surface area contributed by atoms with Crippen molar-refractivity contribution in [1.29, 1.82) is 0 Å². The predicted octanol–water partition coefficient (Wildman–Crippen LogP) is 1.45. The number of hydrogen-bond acceptors (Lipinski definition) is 2. The van der Waals surface area contributed by atoms with Gasteiger partial charge in [0, 0.05) is 17.7 Å². The molecule has 0 saturated heterocycles. The summed E-state index contributed by atoms with van der Waals surface area (Å²) in [6.45, 7) is 0. The molecule has 3 heteroatoms. The second-order valence-electron chi connectivity index (χ2n) is 3.19. The Kier molecular flexibility index (Phi) is 2.02. The van der Waals surface area contributed by atoms with Crippen molar-refractivity contribution in [2.24, 2.45) is 0 Å². The first-order valence-electron chi connectivity index (χ1n) is 4.34. The van der Waals surface area contributed by atoms with Crippen LogP contribution in [0, 0.1) is 0 Å². The average molecular weight is 177 g/mol.